The number of nitrogens with one attached hydrogen (secondary N) is 1. The van der Waals surface area contributed by atoms with Gasteiger partial charge in [0, 0.05) is 10.6 Å². The van der Waals surface area contributed by atoms with E-state index in [0.29, 0.717) is 0 Å². The quantitative estimate of drug-likeness (QED) is 0.465. The van der Waals surface area contributed by atoms with Crippen LogP contribution < -0.4 is 10.1 Å². The summed E-state index contributed by atoms with van der Waals surface area (Å²) in [6.07, 6.45) is 2.38. The van der Waals surface area contributed by atoms with Crippen LogP contribution in [-0.2, 0) is 17.9 Å². The van der Waals surface area contributed by atoms with Crippen molar-refractivity contribution >= 4 is 29.1 Å². The van der Waals surface area contributed by atoms with Crippen molar-refractivity contribution in [1.29, 1.82) is 0 Å². The Kier molecular flexibility index (Phi) is 5.49. The molecule has 0 radical (unpaired) electrons. The van der Waals surface area contributed by atoms with E-state index in [9.17, 15) is 19.3 Å². The van der Waals surface area contributed by atoms with Crippen LogP contribution in [0.25, 0.3) is 0 Å². The highest BCUT2D eigenvalue weighted by Crippen LogP contribution is 2.24. The first kappa shape index (κ1) is 19.2. The molecular weight excluding hydrogens is 397 g/mol. The summed E-state index contributed by atoms with van der Waals surface area (Å²) >= 11 is 5.97. The Morgan fingerprint density at radius 1 is 1.39 bits per heavy atom. The van der Waals surface area contributed by atoms with Crippen LogP contribution in [0, 0.1) is 15.9 Å². The fourth-order valence-electron chi connectivity index (χ4n) is 2.33. The zero-order valence-electron chi connectivity index (χ0n) is 14.4. The van der Waals surface area contributed by atoms with Crippen molar-refractivity contribution in [1.82, 2.24) is 24.5 Å². The molecule has 0 atom stereocenters. The summed E-state index contributed by atoms with van der Waals surface area (Å²) in [6.45, 7) is -0.297. The van der Waals surface area contributed by atoms with Crippen molar-refractivity contribution in [2.45, 2.75) is 13.1 Å². The monoisotopic (exact) mass is 409 g/mol. The lowest BCUT2D eigenvalue weighted by atomic mass is 10.2. The van der Waals surface area contributed by atoms with Crippen molar-refractivity contribution in [3.8, 4) is 5.88 Å². The molecule has 1 amide bonds. The van der Waals surface area contributed by atoms with E-state index in [1.165, 1.54) is 30.3 Å². The first-order valence-corrected chi connectivity index (χ1v) is 8.13. The SMILES string of the molecule is COc1nn(CC(=O)Nc2ncn(Cc3c(F)cccc3Cl)n2)cc1[N+](=O)[O-]. The van der Waals surface area contributed by atoms with Crippen molar-refractivity contribution in [2.75, 3.05) is 12.4 Å². The van der Waals surface area contributed by atoms with E-state index in [0.717, 1.165) is 10.9 Å². The van der Waals surface area contributed by atoms with Gasteiger partial charge in [-0.3, -0.25) is 24.9 Å². The number of anilines is 1. The molecule has 3 aromatic rings. The Balaban J connectivity index is 1.65. The van der Waals surface area contributed by atoms with Crippen molar-refractivity contribution in [2.24, 2.45) is 0 Å². The highest BCUT2D eigenvalue weighted by atomic mass is 35.5. The number of halogens is 2. The number of nitrogens with zero attached hydrogens (tertiary/aromatic N) is 6. The maximum absolute atomic E-state index is 13.8. The Morgan fingerprint density at radius 3 is 2.82 bits per heavy atom. The van der Waals surface area contributed by atoms with E-state index in [2.05, 4.69) is 20.5 Å². The van der Waals surface area contributed by atoms with Crippen LogP contribution >= 0.6 is 11.6 Å². The third-order valence-corrected chi connectivity index (χ3v) is 3.93. The van der Waals surface area contributed by atoms with Crippen LogP contribution in [0.1, 0.15) is 5.56 Å². The lowest BCUT2D eigenvalue weighted by Crippen LogP contribution is -2.20. The number of nitro groups is 1. The summed E-state index contributed by atoms with van der Waals surface area (Å²) in [4.78, 5) is 26.2. The second-order valence-electron chi connectivity index (χ2n) is 5.49. The molecular formula is C15H13ClFN7O4. The third kappa shape index (κ3) is 4.23. The van der Waals surface area contributed by atoms with Gasteiger partial charge in [0.25, 0.3) is 0 Å². The molecule has 1 aromatic carbocycles. The van der Waals surface area contributed by atoms with E-state index >= 15 is 0 Å². The minimum absolute atomic E-state index is 0.0221. The zero-order chi connectivity index (χ0) is 20.3. The highest BCUT2D eigenvalue weighted by Gasteiger charge is 2.21. The van der Waals surface area contributed by atoms with E-state index in [4.69, 9.17) is 16.3 Å². The highest BCUT2D eigenvalue weighted by molar-refractivity contribution is 6.31. The Hall–Kier alpha value is -3.54. The molecule has 0 fully saturated rings. The second-order valence-corrected chi connectivity index (χ2v) is 5.90. The van der Waals surface area contributed by atoms with Gasteiger partial charge in [0.05, 0.1) is 18.6 Å². The van der Waals surface area contributed by atoms with Crippen molar-refractivity contribution in [3.05, 3.63) is 57.2 Å². The summed E-state index contributed by atoms with van der Waals surface area (Å²) in [7, 11) is 1.23. The largest absolute Gasteiger partial charge is 0.475 e. The molecule has 1 N–H and O–H groups in total. The number of aromatic nitrogens is 5. The lowest BCUT2D eigenvalue weighted by Gasteiger charge is -2.05. The second kappa shape index (κ2) is 8.00. The van der Waals surface area contributed by atoms with Crippen LogP contribution in [-0.4, -0.2) is 42.5 Å². The van der Waals surface area contributed by atoms with Gasteiger partial charge in [-0.15, -0.1) is 10.2 Å². The predicted molar refractivity (Wildman–Crippen MR) is 94.6 cm³/mol. The van der Waals surface area contributed by atoms with Gasteiger partial charge in [-0.2, -0.15) is 0 Å². The van der Waals surface area contributed by atoms with Gasteiger partial charge in [0.2, 0.25) is 11.9 Å². The Bertz CT molecular complexity index is 1020. The molecule has 0 aliphatic carbocycles. The molecule has 13 heteroatoms. The minimum atomic E-state index is -0.669. The van der Waals surface area contributed by atoms with E-state index in [1.807, 2.05) is 0 Å². The van der Waals surface area contributed by atoms with Crippen LogP contribution in [0.4, 0.5) is 16.0 Å². The fourth-order valence-corrected chi connectivity index (χ4v) is 2.55. The normalized spacial score (nSPS) is 10.7. The minimum Gasteiger partial charge on any atom is -0.475 e. The molecule has 2 aromatic heterocycles. The summed E-state index contributed by atoms with van der Waals surface area (Å²) in [6, 6.07) is 4.32. The van der Waals surface area contributed by atoms with Crippen LogP contribution in [0.3, 0.4) is 0 Å². The predicted octanol–water partition coefficient (Wildman–Crippen LogP) is 1.87. The number of hydrogen-bond donors (Lipinski definition) is 1. The zero-order valence-corrected chi connectivity index (χ0v) is 15.1. The Morgan fingerprint density at radius 2 is 2.18 bits per heavy atom. The van der Waals surface area contributed by atoms with Crippen LogP contribution in [0.2, 0.25) is 5.02 Å². The first-order valence-electron chi connectivity index (χ1n) is 7.75. The van der Waals surface area contributed by atoms with Gasteiger partial charge in [0.1, 0.15) is 24.9 Å². The van der Waals surface area contributed by atoms with Gasteiger partial charge in [-0.05, 0) is 12.1 Å². The third-order valence-electron chi connectivity index (χ3n) is 3.57. The average molecular weight is 410 g/mol. The summed E-state index contributed by atoms with van der Waals surface area (Å²) in [5.41, 5.74) is -0.123. The first-order chi connectivity index (χ1) is 13.4. The molecule has 0 aliphatic heterocycles. The van der Waals surface area contributed by atoms with Gasteiger partial charge in [-0.1, -0.05) is 17.7 Å². The van der Waals surface area contributed by atoms with E-state index < -0.39 is 16.6 Å². The molecule has 0 unspecified atom stereocenters. The molecule has 0 saturated heterocycles. The fraction of sp³-hybridized carbons (Fsp3) is 0.200. The topological polar surface area (TPSA) is 130 Å². The summed E-state index contributed by atoms with van der Waals surface area (Å²) in [5.74, 6) is -1.28. The number of hydrogen-bond acceptors (Lipinski definition) is 7. The average Bonchev–Trinajstić information content (AvgIpc) is 3.25. The number of rotatable bonds is 7. The molecule has 146 valence electrons. The lowest BCUT2D eigenvalue weighted by molar-refractivity contribution is -0.385. The molecule has 11 nitrogen and oxygen atoms in total. The molecule has 0 aliphatic rings. The van der Waals surface area contributed by atoms with Gasteiger partial charge < -0.3 is 4.74 Å². The summed E-state index contributed by atoms with van der Waals surface area (Å²) in [5, 5.41) is 21.4. The molecule has 0 spiro atoms. The number of methoxy groups -OCH3 is 1. The number of amides is 1. The van der Waals surface area contributed by atoms with Gasteiger partial charge in [0.15, 0.2) is 0 Å². The van der Waals surface area contributed by atoms with Gasteiger partial charge in [-0.25, -0.2) is 14.1 Å². The van der Waals surface area contributed by atoms with E-state index in [-0.39, 0.29) is 41.2 Å². The maximum Gasteiger partial charge on any atom is 0.350 e. The van der Waals surface area contributed by atoms with Gasteiger partial charge >= 0.3 is 11.6 Å². The van der Waals surface area contributed by atoms with Crippen molar-refractivity contribution < 1.29 is 18.8 Å². The summed E-state index contributed by atoms with van der Waals surface area (Å²) < 4.78 is 21.0. The number of carbonyl (C=O) groups is 1. The standard InChI is InChI=1S/C15H13ClFN7O4/c1-28-14-12(24(26)27)6-22(20-14)7-13(25)19-15-18-8-23(21-15)5-9-10(16)3-2-4-11(9)17/h2-4,6,8H,5,7H2,1H3,(H,19,21,25). The smallest absolute Gasteiger partial charge is 0.350 e. The van der Waals surface area contributed by atoms with Crippen molar-refractivity contribution in [3.63, 3.8) is 0 Å². The molecule has 28 heavy (non-hydrogen) atoms. The van der Waals surface area contributed by atoms with Crippen LogP contribution in [0.15, 0.2) is 30.7 Å². The number of carbonyl (C=O) groups excluding carboxylic acids is 1. The molecule has 3 rings (SSSR count). The molecule has 0 saturated carbocycles. The molecule has 0 bridgehead atoms. The number of benzene rings is 1. The molecule has 2 heterocycles. The Labute approximate surface area is 161 Å². The number of ether oxygens (including phenoxy) is 1. The maximum atomic E-state index is 13.8. The van der Waals surface area contributed by atoms with E-state index in [1.54, 1.807) is 6.07 Å². The van der Waals surface area contributed by atoms with Crippen LogP contribution in [0.5, 0.6) is 5.88 Å².